The van der Waals surface area contributed by atoms with Crippen LogP contribution in [0.15, 0.2) is 0 Å². The van der Waals surface area contributed by atoms with E-state index in [4.69, 9.17) is 4.55 Å². The number of hydrogen-bond acceptors (Lipinski definition) is 6. The quantitative estimate of drug-likeness (QED) is 0.256. The number of ether oxygens (including phenoxy) is 2. The minimum Gasteiger partial charge on any atom is -1.00 e. The van der Waals surface area contributed by atoms with Gasteiger partial charge in [0.2, 0.25) is 0 Å². The van der Waals surface area contributed by atoms with E-state index in [-0.39, 0.29) is 31.0 Å². The maximum absolute atomic E-state index is 14.0. The predicted molar refractivity (Wildman–Crippen MR) is 66.3 cm³/mol. The number of carbonyl (C=O) groups is 2. The van der Waals surface area contributed by atoms with Gasteiger partial charge < -0.3 is 10.9 Å². The number of alkyl halides is 4. The third kappa shape index (κ3) is 4.03. The summed E-state index contributed by atoms with van der Waals surface area (Å²) in [6.07, 6.45) is -1.49. The fourth-order valence-electron chi connectivity index (χ4n) is 2.60. The van der Waals surface area contributed by atoms with E-state index in [1.54, 1.807) is 0 Å². The van der Waals surface area contributed by atoms with Crippen molar-refractivity contribution in [2.24, 2.45) is 17.8 Å². The predicted octanol–water partition coefficient (Wildman–Crippen LogP) is -1.79. The van der Waals surface area contributed by atoms with E-state index in [9.17, 15) is 35.6 Å². The summed E-state index contributed by atoms with van der Waals surface area (Å²) in [6.45, 7) is 0. The van der Waals surface area contributed by atoms with Gasteiger partial charge in [0.1, 0.15) is 0 Å². The maximum atomic E-state index is 14.0. The zero-order valence-corrected chi connectivity index (χ0v) is 15.8. The Labute approximate surface area is 158 Å². The Morgan fingerprint density at radius 3 is 1.92 bits per heavy atom. The number of hydrogen-bond donors (Lipinski definition) is 1. The van der Waals surface area contributed by atoms with E-state index in [0.29, 0.717) is 0 Å². The smallest absolute Gasteiger partial charge is 1.00 e. The summed E-state index contributed by atoms with van der Waals surface area (Å²) in [5.41, 5.74) is 0. The van der Waals surface area contributed by atoms with Crippen LogP contribution in [0.1, 0.15) is 14.3 Å². The molecule has 0 aromatic rings. The van der Waals surface area contributed by atoms with Gasteiger partial charge in [0, 0.05) is 5.92 Å². The summed E-state index contributed by atoms with van der Waals surface area (Å²) in [5.74, 6) is -13.3. The van der Waals surface area contributed by atoms with E-state index in [1.165, 1.54) is 0 Å². The molecule has 0 saturated heterocycles. The first kappa shape index (κ1) is 23.6. The Bertz CT molecular complexity index is 601. The molecule has 0 bridgehead atoms. The van der Waals surface area contributed by atoms with Gasteiger partial charge in [0.05, 0.1) is 26.1 Å². The van der Waals surface area contributed by atoms with Crippen LogP contribution in [0.2, 0.25) is 0 Å². The second-order valence-electron chi connectivity index (χ2n) is 5.04. The van der Waals surface area contributed by atoms with E-state index >= 15 is 0 Å². The molecule has 24 heavy (non-hydrogen) atoms. The van der Waals surface area contributed by atoms with Crippen molar-refractivity contribution in [3.63, 3.8) is 0 Å². The topological polar surface area (TPSA) is 107 Å². The van der Waals surface area contributed by atoms with Crippen LogP contribution >= 0.6 is 0 Å². The molecule has 1 rings (SSSR count). The molecule has 0 heterocycles. The molecule has 13 heteroatoms. The van der Waals surface area contributed by atoms with Gasteiger partial charge in [0.15, 0.2) is 0 Å². The van der Waals surface area contributed by atoms with Crippen LogP contribution in [0.3, 0.4) is 0 Å². The number of rotatable bonds is 5. The summed E-state index contributed by atoms with van der Waals surface area (Å²) in [4.78, 5) is 23.0. The Hall–Kier alpha value is -0.430. The van der Waals surface area contributed by atoms with Gasteiger partial charge in [-0.2, -0.15) is 26.0 Å². The minimum atomic E-state index is -6.45. The van der Waals surface area contributed by atoms with Gasteiger partial charge in [0.25, 0.3) is 0 Å². The molecule has 1 fully saturated rings. The number of halogens is 4. The van der Waals surface area contributed by atoms with Gasteiger partial charge in [-0.05, 0) is 12.8 Å². The van der Waals surface area contributed by atoms with Crippen LogP contribution in [0.5, 0.6) is 0 Å². The fourth-order valence-corrected chi connectivity index (χ4v) is 3.09. The van der Waals surface area contributed by atoms with Crippen molar-refractivity contribution < 1.29 is 80.6 Å². The van der Waals surface area contributed by atoms with E-state index < -0.39 is 63.8 Å². The minimum absolute atomic E-state index is 0. The van der Waals surface area contributed by atoms with E-state index in [1.807, 2.05) is 0 Å². The van der Waals surface area contributed by atoms with Gasteiger partial charge >= 0.3 is 62.8 Å². The summed E-state index contributed by atoms with van der Waals surface area (Å²) < 4.78 is 93.1. The van der Waals surface area contributed by atoms with Crippen LogP contribution < -0.4 is 29.6 Å². The zero-order chi connectivity index (χ0) is 18.2. The van der Waals surface area contributed by atoms with Gasteiger partial charge in [-0.15, -0.1) is 0 Å². The maximum Gasteiger partial charge on any atom is 1.00 e. The molecule has 0 aliphatic heterocycles. The van der Waals surface area contributed by atoms with Crippen LogP contribution in [0.4, 0.5) is 17.6 Å². The van der Waals surface area contributed by atoms with E-state index in [2.05, 4.69) is 9.47 Å². The van der Waals surface area contributed by atoms with Crippen molar-refractivity contribution in [2.75, 3.05) is 14.2 Å². The van der Waals surface area contributed by atoms with Gasteiger partial charge in [-0.25, -0.2) is 0 Å². The molecule has 1 N–H and O–H groups in total. The molecule has 0 radical (unpaired) electrons. The number of esters is 2. The normalized spacial score (nSPS) is 24.9. The summed E-state index contributed by atoms with van der Waals surface area (Å²) in [5, 5.41) is -5.83. The molecule has 3 atom stereocenters. The van der Waals surface area contributed by atoms with Gasteiger partial charge in [-0.3, -0.25) is 14.1 Å². The largest absolute Gasteiger partial charge is 1.00 e. The third-order valence-corrected chi connectivity index (χ3v) is 4.70. The van der Waals surface area contributed by atoms with Crippen molar-refractivity contribution in [3.05, 3.63) is 0 Å². The number of carbonyl (C=O) groups excluding carboxylic acids is 2. The molecule has 0 spiro atoms. The van der Waals surface area contributed by atoms with Crippen LogP contribution in [-0.4, -0.2) is 50.3 Å². The molecule has 7 nitrogen and oxygen atoms in total. The second-order valence-corrected chi connectivity index (χ2v) is 6.51. The van der Waals surface area contributed by atoms with Crippen molar-refractivity contribution >= 4 is 22.1 Å². The first-order valence-electron chi connectivity index (χ1n) is 6.19. The Morgan fingerprint density at radius 1 is 1.08 bits per heavy atom. The molecule has 1 saturated carbocycles. The van der Waals surface area contributed by atoms with Gasteiger partial charge in [-0.1, -0.05) is 0 Å². The molecule has 3 unspecified atom stereocenters. The van der Waals surface area contributed by atoms with E-state index in [0.717, 1.165) is 14.2 Å². The summed E-state index contributed by atoms with van der Waals surface area (Å²) >= 11 is 0. The standard InChI is InChI=1S/C11H14F4O7S.Na.H/c1-21-8(16)5-3-6(9(17)22-2)7(4-5)10(12,13)11(14,15)23(18,19)20;;/h5-7H,3-4H2,1-2H3,(H,18,19,20);;/q;+1;-1. The number of methoxy groups -OCH3 is 2. The van der Waals surface area contributed by atoms with Crippen molar-refractivity contribution in [1.29, 1.82) is 0 Å². The first-order chi connectivity index (χ1) is 10.3. The van der Waals surface area contributed by atoms with Crippen LogP contribution in [0.25, 0.3) is 0 Å². The average Bonchev–Trinajstić information content (AvgIpc) is 2.89. The van der Waals surface area contributed by atoms with Crippen LogP contribution in [-0.2, 0) is 29.2 Å². The fraction of sp³-hybridized carbons (Fsp3) is 0.818. The summed E-state index contributed by atoms with van der Waals surface area (Å²) in [7, 11) is -4.69. The molecule has 0 amide bonds. The SMILES string of the molecule is COC(=O)C1CC(C(=O)OC)C(C(F)(F)C(F)(F)S(=O)(=O)O)C1.[H-].[Na+]. The molecule has 1 aliphatic carbocycles. The third-order valence-electron chi connectivity index (χ3n) is 3.78. The summed E-state index contributed by atoms with van der Waals surface area (Å²) in [6, 6.07) is 0. The zero-order valence-electron chi connectivity index (χ0n) is 14.0. The molecule has 0 aromatic carbocycles. The molecular formula is C11H15F4NaO7S. The Kier molecular flexibility index (Phi) is 7.71. The Balaban J connectivity index is 0. The second kappa shape index (κ2) is 7.85. The molecule has 136 valence electrons. The molecular weight excluding hydrogens is 375 g/mol. The van der Waals surface area contributed by atoms with Crippen molar-refractivity contribution in [3.8, 4) is 0 Å². The van der Waals surface area contributed by atoms with Crippen molar-refractivity contribution in [1.82, 2.24) is 0 Å². The molecule has 1 aliphatic rings. The van der Waals surface area contributed by atoms with Crippen LogP contribution in [0, 0.1) is 17.8 Å². The van der Waals surface area contributed by atoms with Crippen molar-refractivity contribution in [2.45, 2.75) is 24.0 Å². The Morgan fingerprint density at radius 2 is 1.54 bits per heavy atom. The average molecular weight is 390 g/mol. The monoisotopic (exact) mass is 390 g/mol. The molecule has 0 aromatic heterocycles. The first-order valence-corrected chi connectivity index (χ1v) is 7.63.